The quantitative estimate of drug-likeness (QED) is 0.609. The molecule has 1 aromatic carbocycles. The molecule has 0 aliphatic carbocycles. The highest BCUT2D eigenvalue weighted by Gasteiger charge is 2.34. The number of carbonyl (C=O) groups excluding carboxylic acids is 2. The zero-order chi connectivity index (χ0) is 16.6. The number of anilines is 1. The first kappa shape index (κ1) is 16.5. The Labute approximate surface area is 141 Å². The van der Waals surface area contributed by atoms with E-state index >= 15 is 0 Å². The molecule has 0 spiro atoms. The molecule has 0 bridgehead atoms. The first-order chi connectivity index (χ1) is 10.2. The molecule has 116 valence electrons. The zero-order valence-electron chi connectivity index (χ0n) is 12.4. The maximum atomic E-state index is 14.0. The zero-order valence-corrected chi connectivity index (χ0v) is 14.6. The lowest BCUT2D eigenvalue weighted by Crippen LogP contribution is -2.44. The summed E-state index contributed by atoms with van der Waals surface area (Å²) in [4.78, 5) is 27.0. The van der Waals surface area contributed by atoms with Gasteiger partial charge in [-0.2, -0.15) is 0 Å². The smallest absolute Gasteiger partial charge is 0.266 e. The molecule has 7 heteroatoms. The Morgan fingerprint density at radius 1 is 1.32 bits per heavy atom. The molecule has 5 nitrogen and oxygen atoms in total. The molecule has 0 aromatic heterocycles. The van der Waals surface area contributed by atoms with E-state index in [-0.39, 0.29) is 17.1 Å². The number of likely N-dealkylation sites (N-methyl/N-ethyl adjacent to an activating group) is 1. The van der Waals surface area contributed by atoms with Crippen molar-refractivity contribution < 1.29 is 14.0 Å². The minimum atomic E-state index is -0.469. The fraction of sp³-hybridized carbons (Fsp3) is 0.200. The fourth-order valence-corrected chi connectivity index (χ4v) is 2.54. The van der Waals surface area contributed by atoms with E-state index in [4.69, 9.17) is 0 Å². The van der Waals surface area contributed by atoms with Gasteiger partial charge in [0.15, 0.2) is 5.78 Å². The van der Waals surface area contributed by atoms with Crippen molar-refractivity contribution >= 4 is 40.0 Å². The molecule has 0 radical (unpaired) electrons. The lowest BCUT2D eigenvalue weighted by atomic mass is 10.1. The number of carbonyl (C=O) groups is 2. The Bertz CT molecular complexity index is 715. The average Bonchev–Trinajstić information content (AvgIpc) is 2.44. The summed E-state index contributed by atoms with van der Waals surface area (Å²) >= 11 is 2.00. The highest BCUT2D eigenvalue weighted by molar-refractivity contribution is 14.1. The number of halogens is 2. The predicted octanol–water partition coefficient (Wildman–Crippen LogP) is 2.52. The molecule has 1 amide bonds. The summed E-state index contributed by atoms with van der Waals surface area (Å²) < 4.78 is 14.8. The number of hydrogen-bond acceptors (Lipinski definition) is 4. The lowest BCUT2D eigenvalue weighted by molar-refractivity contribution is -0.128. The Morgan fingerprint density at radius 3 is 2.50 bits per heavy atom. The summed E-state index contributed by atoms with van der Waals surface area (Å²) in [5, 5.41) is 2.84. The van der Waals surface area contributed by atoms with Crippen LogP contribution in [-0.4, -0.2) is 35.6 Å². The van der Waals surface area contributed by atoms with Gasteiger partial charge < -0.3 is 10.2 Å². The van der Waals surface area contributed by atoms with Gasteiger partial charge >= 0.3 is 0 Å². The highest BCUT2D eigenvalue weighted by atomic mass is 127. The van der Waals surface area contributed by atoms with Crippen molar-refractivity contribution in [3.8, 4) is 0 Å². The molecule has 0 atom stereocenters. The van der Waals surface area contributed by atoms with E-state index in [1.54, 1.807) is 24.1 Å². The first-order valence-corrected chi connectivity index (χ1v) is 7.50. The number of rotatable bonds is 3. The van der Waals surface area contributed by atoms with Gasteiger partial charge in [-0.05, 0) is 47.7 Å². The van der Waals surface area contributed by atoms with Crippen molar-refractivity contribution in [2.24, 2.45) is 0 Å². The van der Waals surface area contributed by atoms with E-state index in [0.717, 1.165) is 3.57 Å². The molecule has 0 unspecified atom stereocenters. The second-order valence-electron chi connectivity index (χ2n) is 4.87. The van der Waals surface area contributed by atoms with Gasteiger partial charge in [0.25, 0.3) is 5.91 Å². The van der Waals surface area contributed by atoms with Gasteiger partial charge in [0.05, 0.1) is 5.69 Å². The normalized spacial score (nSPS) is 15.5. The van der Waals surface area contributed by atoms with Crippen molar-refractivity contribution in [1.82, 2.24) is 9.80 Å². The van der Waals surface area contributed by atoms with Crippen molar-refractivity contribution in [1.29, 1.82) is 0 Å². The average molecular weight is 415 g/mol. The predicted molar refractivity (Wildman–Crippen MR) is 90.1 cm³/mol. The monoisotopic (exact) mass is 415 g/mol. The van der Waals surface area contributed by atoms with Crippen LogP contribution < -0.4 is 5.32 Å². The lowest BCUT2D eigenvalue weighted by Gasteiger charge is -2.36. The molecule has 1 aliphatic rings. The standard InChI is InChI=1S/C15H15FIN3O2/c1-8(21)13-14(19(3)9(2)20(4)15(13)22)18-12-6-5-10(17)7-11(12)16/h5-7,18H,2H2,1,3-4H3. The highest BCUT2D eigenvalue weighted by Crippen LogP contribution is 2.27. The topological polar surface area (TPSA) is 52.7 Å². The number of amides is 1. The molecule has 2 rings (SSSR count). The van der Waals surface area contributed by atoms with Crippen LogP contribution in [0.15, 0.2) is 42.0 Å². The summed E-state index contributed by atoms with van der Waals surface area (Å²) in [6, 6.07) is 4.65. The van der Waals surface area contributed by atoms with E-state index in [1.165, 1.54) is 24.9 Å². The van der Waals surface area contributed by atoms with Crippen molar-refractivity contribution in [3.63, 3.8) is 0 Å². The van der Waals surface area contributed by atoms with Crippen molar-refractivity contribution in [2.75, 3.05) is 19.4 Å². The van der Waals surface area contributed by atoms with Crippen molar-refractivity contribution in [2.45, 2.75) is 6.92 Å². The van der Waals surface area contributed by atoms with Crippen LogP contribution >= 0.6 is 22.6 Å². The minimum Gasteiger partial charge on any atom is -0.338 e. The van der Waals surface area contributed by atoms with Gasteiger partial charge in [-0.25, -0.2) is 4.39 Å². The molecule has 22 heavy (non-hydrogen) atoms. The molecule has 0 saturated heterocycles. The van der Waals surface area contributed by atoms with Crippen LogP contribution in [0.4, 0.5) is 10.1 Å². The molecule has 0 saturated carbocycles. The van der Waals surface area contributed by atoms with Crippen LogP contribution in [0.25, 0.3) is 0 Å². The Hall–Kier alpha value is -1.90. The van der Waals surface area contributed by atoms with Crippen LogP contribution in [0.3, 0.4) is 0 Å². The van der Waals surface area contributed by atoms with E-state index in [1.807, 2.05) is 22.6 Å². The maximum absolute atomic E-state index is 14.0. The third-order valence-electron chi connectivity index (χ3n) is 3.40. The van der Waals surface area contributed by atoms with Gasteiger partial charge in [-0.1, -0.05) is 6.58 Å². The molecule has 1 N–H and O–H groups in total. The first-order valence-electron chi connectivity index (χ1n) is 6.42. The van der Waals surface area contributed by atoms with Gasteiger partial charge in [0, 0.05) is 17.7 Å². The van der Waals surface area contributed by atoms with E-state index < -0.39 is 17.5 Å². The second-order valence-corrected chi connectivity index (χ2v) is 6.11. The second kappa shape index (κ2) is 6.07. The molecule has 1 aromatic rings. The molecule has 0 fully saturated rings. The van der Waals surface area contributed by atoms with Gasteiger partial charge in [-0.3, -0.25) is 14.5 Å². The number of Topliss-reactive ketones (excluding diaryl/α,β-unsaturated/α-hetero) is 1. The summed E-state index contributed by atoms with van der Waals surface area (Å²) in [5.74, 6) is -0.717. The minimum absolute atomic E-state index is 0.0321. The molecular weight excluding hydrogens is 400 g/mol. The maximum Gasteiger partial charge on any atom is 0.266 e. The van der Waals surface area contributed by atoms with Gasteiger partial charge in [-0.15, -0.1) is 0 Å². The van der Waals surface area contributed by atoms with Crippen LogP contribution in [0.1, 0.15) is 6.92 Å². The number of ketones is 1. The van der Waals surface area contributed by atoms with Crippen LogP contribution in [-0.2, 0) is 9.59 Å². The number of nitrogens with zero attached hydrogens (tertiary/aromatic N) is 2. The number of nitrogens with one attached hydrogen (secondary N) is 1. The van der Waals surface area contributed by atoms with Gasteiger partial charge in [0.2, 0.25) is 0 Å². The Balaban J connectivity index is 2.54. The summed E-state index contributed by atoms with van der Waals surface area (Å²) in [7, 11) is 3.19. The van der Waals surface area contributed by atoms with Gasteiger partial charge in [0.1, 0.15) is 23.0 Å². The van der Waals surface area contributed by atoms with E-state index in [2.05, 4.69) is 11.9 Å². The number of hydrogen-bond donors (Lipinski definition) is 1. The van der Waals surface area contributed by atoms with Crippen LogP contribution in [0, 0.1) is 9.39 Å². The molecule has 1 aliphatic heterocycles. The fourth-order valence-electron chi connectivity index (χ4n) is 2.09. The Morgan fingerprint density at radius 2 is 1.95 bits per heavy atom. The molecule has 1 heterocycles. The SMILES string of the molecule is C=C1N(C)C(=O)C(C(C)=O)=C(Nc2ccc(I)cc2F)N1C. The Kier molecular flexibility index (Phi) is 4.55. The summed E-state index contributed by atoms with van der Waals surface area (Å²) in [6.07, 6.45) is 0. The summed E-state index contributed by atoms with van der Waals surface area (Å²) in [6.45, 7) is 5.10. The van der Waals surface area contributed by atoms with Crippen LogP contribution in [0.2, 0.25) is 0 Å². The largest absolute Gasteiger partial charge is 0.338 e. The van der Waals surface area contributed by atoms with Crippen LogP contribution in [0.5, 0.6) is 0 Å². The van der Waals surface area contributed by atoms with E-state index in [0.29, 0.717) is 5.82 Å². The van der Waals surface area contributed by atoms with E-state index in [9.17, 15) is 14.0 Å². The number of benzene rings is 1. The molecular formula is C15H15FIN3O2. The summed E-state index contributed by atoms with van der Waals surface area (Å²) in [5.41, 5.74) is 0.154. The third kappa shape index (κ3) is 2.85. The third-order valence-corrected chi connectivity index (χ3v) is 4.07. The van der Waals surface area contributed by atoms with Crippen molar-refractivity contribution in [3.05, 3.63) is 51.4 Å².